The maximum absolute atomic E-state index is 12.1. The van der Waals surface area contributed by atoms with Gasteiger partial charge in [-0.05, 0) is 43.2 Å². The molecule has 0 spiro atoms. The first-order chi connectivity index (χ1) is 15.6. The molecule has 10 heteroatoms. The SMILES string of the molecule is [C-]#[N+]c1cccc(-c2ccc3nc(Cc4nnc(CC(=O)NC5(C#N)CC5)o4)sc3c2)n1. The summed E-state index contributed by atoms with van der Waals surface area (Å²) in [6.07, 6.45) is 1.64. The molecule has 5 rings (SSSR count). The van der Waals surface area contributed by atoms with Gasteiger partial charge in [-0.2, -0.15) is 5.26 Å². The number of amides is 1. The van der Waals surface area contributed by atoms with E-state index in [1.165, 1.54) is 11.3 Å². The summed E-state index contributed by atoms with van der Waals surface area (Å²) in [5.74, 6) is 0.636. The van der Waals surface area contributed by atoms with Crippen LogP contribution in [0.25, 0.3) is 26.3 Å². The number of nitrogens with one attached hydrogen (secondary N) is 1. The predicted molar refractivity (Wildman–Crippen MR) is 116 cm³/mol. The second-order valence-corrected chi connectivity index (χ2v) is 8.58. The molecule has 0 aliphatic heterocycles. The normalized spacial score (nSPS) is 13.9. The Bertz CT molecular complexity index is 1420. The lowest BCUT2D eigenvalue weighted by atomic mass is 10.1. The molecule has 156 valence electrons. The number of benzene rings is 1. The first-order valence-corrected chi connectivity index (χ1v) is 10.7. The molecule has 4 aromatic rings. The monoisotopic (exact) mass is 441 g/mol. The molecule has 1 saturated carbocycles. The van der Waals surface area contributed by atoms with E-state index < -0.39 is 5.54 Å². The van der Waals surface area contributed by atoms with Crippen LogP contribution in [0.3, 0.4) is 0 Å². The number of fused-ring (bicyclic) bond motifs is 1. The van der Waals surface area contributed by atoms with Crippen molar-refractivity contribution >= 4 is 33.3 Å². The lowest BCUT2D eigenvalue weighted by Crippen LogP contribution is -2.36. The third-order valence-electron chi connectivity index (χ3n) is 5.04. The third kappa shape index (κ3) is 4.04. The molecule has 0 atom stereocenters. The molecule has 1 aromatic carbocycles. The molecule has 3 aromatic heterocycles. The van der Waals surface area contributed by atoms with Gasteiger partial charge in [0.25, 0.3) is 5.82 Å². The molecular weight excluding hydrogens is 426 g/mol. The average molecular weight is 441 g/mol. The third-order valence-corrected chi connectivity index (χ3v) is 6.06. The van der Waals surface area contributed by atoms with Gasteiger partial charge in [0.1, 0.15) is 17.0 Å². The second kappa shape index (κ2) is 7.84. The van der Waals surface area contributed by atoms with Crippen molar-refractivity contribution in [3.05, 3.63) is 64.6 Å². The quantitative estimate of drug-likeness (QED) is 0.454. The van der Waals surface area contributed by atoms with E-state index in [9.17, 15) is 4.79 Å². The van der Waals surface area contributed by atoms with Gasteiger partial charge < -0.3 is 14.6 Å². The number of hydrogen-bond donors (Lipinski definition) is 1. The highest BCUT2D eigenvalue weighted by Gasteiger charge is 2.44. The molecular formula is C22H15N7O2S. The maximum atomic E-state index is 12.1. The topological polar surface area (TPSA) is 122 Å². The summed E-state index contributed by atoms with van der Waals surface area (Å²) in [7, 11) is 0. The number of carbonyl (C=O) groups is 1. The Labute approximate surface area is 186 Å². The molecule has 3 heterocycles. The van der Waals surface area contributed by atoms with E-state index in [0.29, 0.717) is 31.0 Å². The van der Waals surface area contributed by atoms with Gasteiger partial charge in [0.2, 0.25) is 17.7 Å². The van der Waals surface area contributed by atoms with Gasteiger partial charge in [0.15, 0.2) is 5.69 Å². The molecule has 9 nitrogen and oxygen atoms in total. The van der Waals surface area contributed by atoms with Crippen LogP contribution in [0.1, 0.15) is 29.6 Å². The van der Waals surface area contributed by atoms with Gasteiger partial charge in [0.05, 0.1) is 22.7 Å². The zero-order valence-corrected chi connectivity index (χ0v) is 17.5. The van der Waals surface area contributed by atoms with Crippen molar-refractivity contribution in [2.45, 2.75) is 31.2 Å². The van der Waals surface area contributed by atoms with Gasteiger partial charge in [0, 0.05) is 5.56 Å². The molecule has 1 N–H and O–H groups in total. The van der Waals surface area contributed by atoms with Crippen LogP contribution in [-0.2, 0) is 17.6 Å². The number of rotatable bonds is 6. The van der Waals surface area contributed by atoms with Gasteiger partial charge in [-0.15, -0.1) is 26.5 Å². The van der Waals surface area contributed by atoms with Gasteiger partial charge in [-0.3, -0.25) is 4.79 Å². The molecule has 0 unspecified atom stereocenters. The molecule has 1 aliphatic rings. The van der Waals surface area contributed by atoms with Gasteiger partial charge in [-0.25, -0.2) is 4.98 Å². The van der Waals surface area contributed by atoms with Crippen molar-refractivity contribution in [2.24, 2.45) is 0 Å². The number of pyridine rings is 1. The smallest absolute Gasteiger partial charge is 0.270 e. The van der Waals surface area contributed by atoms with Crippen LogP contribution in [0.5, 0.6) is 0 Å². The predicted octanol–water partition coefficient (Wildman–Crippen LogP) is 3.60. The van der Waals surface area contributed by atoms with Crippen LogP contribution in [0.4, 0.5) is 5.82 Å². The summed E-state index contributed by atoms with van der Waals surface area (Å²) in [5.41, 5.74) is 1.78. The van der Waals surface area contributed by atoms with Crippen molar-refractivity contribution in [2.75, 3.05) is 0 Å². The fourth-order valence-corrected chi connectivity index (χ4v) is 4.25. The van der Waals surface area contributed by atoms with Crippen molar-refractivity contribution < 1.29 is 9.21 Å². The average Bonchev–Trinajstić information content (AvgIpc) is 3.24. The summed E-state index contributed by atoms with van der Waals surface area (Å²) >= 11 is 1.51. The van der Waals surface area contributed by atoms with E-state index >= 15 is 0 Å². The summed E-state index contributed by atoms with van der Waals surface area (Å²) in [6.45, 7) is 7.13. The molecule has 1 fully saturated rings. The Kier molecular flexibility index (Phi) is 4.85. The summed E-state index contributed by atoms with van der Waals surface area (Å²) < 4.78 is 6.59. The van der Waals surface area contributed by atoms with E-state index in [4.69, 9.17) is 16.3 Å². The minimum atomic E-state index is -0.716. The van der Waals surface area contributed by atoms with E-state index in [1.807, 2.05) is 30.3 Å². The maximum Gasteiger partial charge on any atom is 0.270 e. The van der Waals surface area contributed by atoms with Crippen LogP contribution in [0.15, 0.2) is 40.8 Å². The van der Waals surface area contributed by atoms with Crippen LogP contribution < -0.4 is 5.32 Å². The molecule has 1 amide bonds. The number of thiazole rings is 1. The van der Waals surface area contributed by atoms with Crippen molar-refractivity contribution in [3.63, 3.8) is 0 Å². The Morgan fingerprint density at radius 1 is 1.25 bits per heavy atom. The van der Waals surface area contributed by atoms with Crippen LogP contribution in [0, 0.1) is 17.9 Å². The molecule has 1 aliphatic carbocycles. The first kappa shape index (κ1) is 19.8. The number of carbonyl (C=O) groups excluding carboxylic acids is 1. The van der Waals surface area contributed by atoms with Crippen molar-refractivity contribution in [1.82, 2.24) is 25.5 Å². The summed E-state index contributed by atoms with van der Waals surface area (Å²) in [5, 5.41) is 20.5. The standard InChI is InChI=1S/C22H15N7O2S/c1-24-17-4-2-3-14(25-17)13-5-6-15-16(9-13)32-21(26-15)11-20-29-28-19(31-20)10-18(30)27-22(12-23)7-8-22/h2-6,9H,7-8,10-11H2,(H,27,30). The fraction of sp³-hybridized carbons (Fsp3) is 0.227. The second-order valence-electron chi connectivity index (χ2n) is 7.47. The molecule has 32 heavy (non-hydrogen) atoms. The lowest BCUT2D eigenvalue weighted by Gasteiger charge is -2.06. The number of hydrogen-bond acceptors (Lipinski definition) is 8. The van der Waals surface area contributed by atoms with E-state index in [0.717, 1.165) is 26.5 Å². The van der Waals surface area contributed by atoms with Crippen LogP contribution in [0.2, 0.25) is 0 Å². The van der Waals surface area contributed by atoms with Crippen molar-refractivity contribution in [1.29, 1.82) is 5.26 Å². The van der Waals surface area contributed by atoms with E-state index in [2.05, 4.69) is 36.4 Å². The summed E-state index contributed by atoms with van der Waals surface area (Å²) in [6, 6.07) is 13.3. The molecule has 0 saturated heterocycles. The Hall–Kier alpha value is -4.15. The Morgan fingerprint density at radius 3 is 2.88 bits per heavy atom. The zero-order valence-electron chi connectivity index (χ0n) is 16.7. The largest absolute Gasteiger partial charge is 0.424 e. The number of nitrogens with zero attached hydrogens (tertiary/aromatic N) is 6. The molecule has 0 radical (unpaired) electrons. The van der Waals surface area contributed by atoms with E-state index in [-0.39, 0.29) is 18.2 Å². The Balaban J connectivity index is 1.29. The minimum absolute atomic E-state index is 0.0592. The minimum Gasteiger partial charge on any atom is -0.424 e. The first-order valence-electron chi connectivity index (χ1n) is 9.84. The fourth-order valence-electron chi connectivity index (χ4n) is 3.25. The van der Waals surface area contributed by atoms with Crippen molar-refractivity contribution in [3.8, 4) is 17.3 Å². The van der Waals surface area contributed by atoms with Gasteiger partial charge >= 0.3 is 0 Å². The number of aromatic nitrogens is 4. The highest BCUT2D eigenvalue weighted by Crippen LogP contribution is 2.34. The Morgan fingerprint density at radius 2 is 2.09 bits per heavy atom. The number of nitriles is 1. The van der Waals surface area contributed by atoms with Crippen LogP contribution in [-0.4, -0.2) is 31.6 Å². The highest BCUT2D eigenvalue weighted by molar-refractivity contribution is 7.18. The highest BCUT2D eigenvalue weighted by atomic mass is 32.1. The van der Waals surface area contributed by atoms with Gasteiger partial charge in [-0.1, -0.05) is 12.6 Å². The summed E-state index contributed by atoms with van der Waals surface area (Å²) in [4.78, 5) is 24.4. The van der Waals surface area contributed by atoms with E-state index in [1.54, 1.807) is 6.07 Å². The molecule has 0 bridgehead atoms. The zero-order chi connectivity index (χ0) is 22.1. The van der Waals surface area contributed by atoms with Crippen LogP contribution >= 0.6 is 11.3 Å². The lowest BCUT2D eigenvalue weighted by molar-refractivity contribution is -0.121.